The first-order valence-corrected chi connectivity index (χ1v) is 7.27. The lowest BCUT2D eigenvalue weighted by Crippen LogP contribution is -2.25. The SMILES string of the molecule is O=C(O)CCN(Cc1ccc(Cl)cc1Cl)c1ccccc1. The van der Waals surface area contributed by atoms with Crippen LogP contribution in [0.3, 0.4) is 0 Å². The Hall–Kier alpha value is -1.71. The van der Waals surface area contributed by atoms with Crippen LogP contribution in [0.4, 0.5) is 5.69 Å². The fourth-order valence-corrected chi connectivity index (χ4v) is 2.49. The quantitative estimate of drug-likeness (QED) is 0.852. The first kappa shape index (κ1) is 15.7. The van der Waals surface area contributed by atoms with Gasteiger partial charge in [0.1, 0.15) is 0 Å². The third-order valence-corrected chi connectivity index (χ3v) is 3.68. The van der Waals surface area contributed by atoms with E-state index in [0.29, 0.717) is 23.1 Å². The zero-order valence-corrected chi connectivity index (χ0v) is 12.8. The minimum absolute atomic E-state index is 0.0695. The van der Waals surface area contributed by atoms with Crippen molar-refractivity contribution in [2.75, 3.05) is 11.4 Å². The molecule has 3 nitrogen and oxygen atoms in total. The highest BCUT2D eigenvalue weighted by Gasteiger charge is 2.11. The molecule has 0 aliphatic heterocycles. The first-order valence-electron chi connectivity index (χ1n) is 6.52. The van der Waals surface area contributed by atoms with Crippen molar-refractivity contribution in [3.8, 4) is 0 Å². The summed E-state index contributed by atoms with van der Waals surface area (Å²) in [6, 6.07) is 15.0. The van der Waals surface area contributed by atoms with Crippen molar-refractivity contribution < 1.29 is 9.90 Å². The van der Waals surface area contributed by atoms with Crippen LogP contribution < -0.4 is 4.90 Å². The maximum atomic E-state index is 10.8. The van der Waals surface area contributed by atoms with Gasteiger partial charge in [-0.2, -0.15) is 0 Å². The normalized spacial score (nSPS) is 10.4. The molecule has 2 aromatic carbocycles. The van der Waals surface area contributed by atoms with Crippen LogP contribution in [-0.4, -0.2) is 17.6 Å². The molecule has 21 heavy (non-hydrogen) atoms. The fourth-order valence-electron chi connectivity index (χ4n) is 2.02. The molecule has 0 saturated carbocycles. The van der Waals surface area contributed by atoms with E-state index in [2.05, 4.69) is 0 Å². The van der Waals surface area contributed by atoms with Gasteiger partial charge in [-0.15, -0.1) is 0 Å². The molecule has 0 spiro atoms. The number of benzene rings is 2. The molecule has 2 rings (SSSR count). The average Bonchev–Trinajstić information content (AvgIpc) is 2.46. The lowest BCUT2D eigenvalue weighted by Gasteiger charge is -2.25. The summed E-state index contributed by atoms with van der Waals surface area (Å²) in [6.45, 7) is 0.950. The number of hydrogen-bond acceptors (Lipinski definition) is 2. The van der Waals surface area contributed by atoms with Gasteiger partial charge >= 0.3 is 5.97 Å². The molecule has 0 radical (unpaired) electrons. The van der Waals surface area contributed by atoms with Gasteiger partial charge in [-0.25, -0.2) is 0 Å². The summed E-state index contributed by atoms with van der Waals surface area (Å²) in [6.07, 6.45) is 0.0695. The highest BCUT2D eigenvalue weighted by molar-refractivity contribution is 6.35. The zero-order valence-electron chi connectivity index (χ0n) is 11.3. The summed E-state index contributed by atoms with van der Waals surface area (Å²) in [5.41, 5.74) is 1.88. The van der Waals surface area contributed by atoms with Crippen molar-refractivity contribution in [2.24, 2.45) is 0 Å². The van der Waals surface area contributed by atoms with E-state index < -0.39 is 5.97 Å². The second-order valence-corrected chi connectivity index (χ2v) is 5.48. The summed E-state index contributed by atoms with van der Waals surface area (Å²) in [7, 11) is 0. The molecule has 1 N–H and O–H groups in total. The van der Waals surface area contributed by atoms with E-state index in [4.69, 9.17) is 28.3 Å². The molecule has 0 bridgehead atoms. The average molecular weight is 324 g/mol. The van der Waals surface area contributed by atoms with Crippen LogP contribution in [0.25, 0.3) is 0 Å². The maximum Gasteiger partial charge on any atom is 0.305 e. The molecule has 2 aromatic rings. The largest absolute Gasteiger partial charge is 0.481 e. The summed E-state index contributed by atoms with van der Waals surface area (Å²) < 4.78 is 0. The second-order valence-electron chi connectivity index (χ2n) is 4.64. The molecular weight excluding hydrogens is 309 g/mol. The van der Waals surface area contributed by atoms with Crippen LogP contribution in [0.5, 0.6) is 0 Å². The molecule has 0 saturated heterocycles. The Bertz CT molecular complexity index is 617. The molecule has 110 valence electrons. The Morgan fingerprint density at radius 1 is 1.10 bits per heavy atom. The molecule has 0 atom stereocenters. The maximum absolute atomic E-state index is 10.8. The van der Waals surface area contributed by atoms with Gasteiger partial charge in [0, 0.05) is 28.8 Å². The Morgan fingerprint density at radius 3 is 2.43 bits per heavy atom. The van der Waals surface area contributed by atoms with Crippen molar-refractivity contribution >= 4 is 34.9 Å². The van der Waals surface area contributed by atoms with E-state index in [-0.39, 0.29) is 6.42 Å². The van der Waals surface area contributed by atoms with Gasteiger partial charge in [0.05, 0.1) is 6.42 Å². The highest BCUT2D eigenvalue weighted by atomic mass is 35.5. The lowest BCUT2D eigenvalue weighted by atomic mass is 10.2. The van der Waals surface area contributed by atoms with E-state index in [1.165, 1.54) is 0 Å². The van der Waals surface area contributed by atoms with Crippen LogP contribution in [-0.2, 0) is 11.3 Å². The van der Waals surface area contributed by atoms with Crippen molar-refractivity contribution in [3.05, 3.63) is 64.1 Å². The van der Waals surface area contributed by atoms with E-state index in [9.17, 15) is 4.79 Å². The Kier molecular flexibility index (Phi) is 5.48. The Labute approximate surface area is 133 Å². The van der Waals surface area contributed by atoms with Gasteiger partial charge in [0.15, 0.2) is 0 Å². The number of carboxylic acids is 1. The van der Waals surface area contributed by atoms with Crippen molar-refractivity contribution in [2.45, 2.75) is 13.0 Å². The highest BCUT2D eigenvalue weighted by Crippen LogP contribution is 2.24. The minimum Gasteiger partial charge on any atom is -0.481 e. The van der Waals surface area contributed by atoms with Gasteiger partial charge in [0.25, 0.3) is 0 Å². The predicted molar refractivity (Wildman–Crippen MR) is 86.2 cm³/mol. The molecule has 0 aliphatic carbocycles. The molecule has 0 heterocycles. The molecule has 0 unspecified atom stereocenters. The summed E-state index contributed by atoms with van der Waals surface area (Å²) in [5.74, 6) is -0.821. The predicted octanol–water partition coefficient (Wildman–Crippen LogP) is 4.47. The van der Waals surface area contributed by atoms with Crippen LogP contribution in [0.2, 0.25) is 10.0 Å². The van der Waals surface area contributed by atoms with E-state index in [1.54, 1.807) is 12.1 Å². The fraction of sp³-hybridized carbons (Fsp3) is 0.188. The first-order chi connectivity index (χ1) is 10.1. The number of carboxylic acid groups (broad SMARTS) is 1. The van der Waals surface area contributed by atoms with Crippen LogP contribution >= 0.6 is 23.2 Å². The third-order valence-electron chi connectivity index (χ3n) is 3.09. The van der Waals surface area contributed by atoms with E-state index in [0.717, 1.165) is 11.3 Å². The Morgan fingerprint density at radius 2 is 1.81 bits per heavy atom. The number of rotatable bonds is 6. The number of nitrogens with zero attached hydrogens (tertiary/aromatic N) is 1. The van der Waals surface area contributed by atoms with Crippen molar-refractivity contribution in [3.63, 3.8) is 0 Å². The molecular formula is C16H15Cl2NO2. The monoisotopic (exact) mass is 323 g/mol. The summed E-state index contributed by atoms with van der Waals surface area (Å²) in [4.78, 5) is 12.8. The van der Waals surface area contributed by atoms with Gasteiger partial charge in [-0.1, -0.05) is 47.5 Å². The number of carbonyl (C=O) groups is 1. The Balaban J connectivity index is 2.21. The lowest BCUT2D eigenvalue weighted by molar-refractivity contribution is -0.136. The third kappa shape index (κ3) is 4.66. The van der Waals surface area contributed by atoms with Crippen molar-refractivity contribution in [1.82, 2.24) is 0 Å². The number of anilines is 1. The van der Waals surface area contributed by atoms with Gasteiger partial charge in [-0.3, -0.25) is 4.79 Å². The summed E-state index contributed by atoms with van der Waals surface area (Å²) >= 11 is 12.1. The van der Waals surface area contributed by atoms with Gasteiger partial charge < -0.3 is 10.0 Å². The number of halogens is 2. The zero-order chi connectivity index (χ0) is 15.2. The van der Waals surface area contributed by atoms with Crippen LogP contribution in [0, 0.1) is 0 Å². The van der Waals surface area contributed by atoms with Gasteiger partial charge in [-0.05, 0) is 29.8 Å². The molecule has 0 amide bonds. The second kappa shape index (κ2) is 7.34. The molecule has 0 aliphatic rings. The number of aliphatic carboxylic acids is 1. The van der Waals surface area contributed by atoms with Crippen LogP contribution in [0.15, 0.2) is 48.5 Å². The smallest absolute Gasteiger partial charge is 0.305 e. The van der Waals surface area contributed by atoms with E-state index in [1.807, 2.05) is 41.3 Å². The standard InChI is InChI=1S/C16H15Cl2NO2/c17-13-7-6-12(15(18)10-13)11-19(9-8-16(20)21)14-4-2-1-3-5-14/h1-7,10H,8-9,11H2,(H,20,21). The number of hydrogen-bond donors (Lipinski definition) is 1. The molecule has 0 aromatic heterocycles. The molecule has 0 fully saturated rings. The van der Waals surface area contributed by atoms with Gasteiger partial charge in [0.2, 0.25) is 0 Å². The topological polar surface area (TPSA) is 40.5 Å². The van der Waals surface area contributed by atoms with E-state index >= 15 is 0 Å². The minimum atomic E-state index is -0.821. The summed E-state index contributed by atoms with van der Waals surface area (Å²) in [5, 5.41) is 10.1. The van der Waals surface area contributed by atoms with Crippen molar-refractivity contribution in [1.29, 1.82) is 0 Å². The molecule has 5 heteroatoms. The number of para-hydroxylation sites is 1. The van der Waals surface area contributed by atoms with Crippen LogP contribution in [0.1, 0.15) is 12.0 Å².